The summed E-state index contributed by atoms with van der Waals surface area (Å²) < 4.78 is 39.7. The number of alkyl halides is 3. The Morgan fingerprint density at radius 1 is 1.06 bits per heavy atom. The van der Waals surface area contributed by atoms with Crippen LogP contribution >= 0.6 is 0 Å². The predicted octanol–water partition coefficient (Wildman–Crippen LogP) is 4.65. The van der Waals surface area contributed by atoms with Crippen molar-refractivity contribution in [1.82, 2.24) is 15.6 Å². The number of fused-ring (bicyclic) bond motifs is 1. The van der Waals surface area contributed by atoms with E-state index in [4.69, 9.17) is 0 Å². The smallest absolute Gasteiger partial charge is 0.361 e. The van der Waals surface area contributed by atoms with Crippen LogP contribution in [0.25, 0.3) is 10.9 Å². The van der Waals surface area contributed by atoms with E-state index in [1.807, 2.05) is 31.2 Å². The first-order valence-corrected chi connectivity index (χ1v) is 11.2. The van der Waals surface area contributed by atoms with E-state index >= 15 is 0 Å². The SMILES string of the molecule is CC[C@H](C)[C@H](NC(=O)Nc1ccccc1C(F)(F)F)C(=O)N[C@H](C=O)Cc1c[nH]c2ccccc12. The Morgan fingerprint density at radius 2 is 1.74 bits per heavy atom. The Hall–Kier alpha value is -3.82. The van der Waals surface area contributed by atoms with Gasteiger partial charge in [0.05, 0.1) is 17.3 Å². The lowest BCUT2D eigenvalue weighted by atomic mass is 9.97. The zero-order valence-electron chi connectivity index (χ0n) is 19.3. The van der Waals surface area contributed by atoms with E-state index in [-0.39, 0.29) is 12.3 Å². The summed E-state index contributed by atoms with van der Waals surface area (Å²) in [7, 11) is 0. The number of para-hydroxylation sites is 2. The molecule has 186 valence electrons. The van der Waals surface area contributed by atoms with Gasteiger partial charge >= 0.3 is 12.2 Å². The summed E-state index contributed by atoms with van der Waals surface area (Å²) in [5.74, 6) is -0.949. The average molecular weight is 489 g/mol. The highest BCUT2D eigenvalue weighted by atomic mass is 19.4. The van der Waals surface area contributed by atoms with Crippen LogP contribution in [0.1, 0.15) is 31.4 Å². The number of hydrogen-bond acceptors (Lipinski definition) is 3. The van der Waals surface area contributed by atoms with E-state index in [0.29, 0.717) is 12.7 Å². The van der Waals surface area contributed by atoms with Crippen LogP contribution < -0.4 is 16.0 Å². The summed E-state index contributed by atoms with van der Waals surface area (Å²) in [5, 5.41) is 8.21. The number of benzene rings is 2. The second-order valence-electron chi connectivity index (χ2n) is 8.32. The fourth-order valence-corrected chi connectivity index (χ4v) is 3.78. The maximum atomic E-state index is 13.2. The largest absolute Gasteiger partial charge is 0.418 e. The van der Waals surface area contributed by atoms with Crippen LogP contribution in [-0.2, 0) is 22.2 Å². The monoisotopic (exact) mass is 488 g/mol. The molecule has 1 aromatic heterocycles. The lowest BCUT2D eigenvalue weighted by molar-refractivity contribution is -0.137. The molecule has 0 aliphatic carbocycles. The number of aldehydes is 1. The standard InChI is InChI=1S/C25H27F3N4O3/c1-3-15(2)22(32-24(35)31-21-11-7-5-9-19(21)25(26,27)28)23(34)30-17(14-33)12-16-13-29-20-10-6-4-8-18(16)20/h4-11,13-15,17,22,29H,3,12H2,1-2H3,(H,30,34)(H2,31,32,35)/t15-,17-,22-/m0/s1. The number of halogens is 3. The summed E-state index contributed by atoms with van der Waals surface area (Å²) in [6.45, 7) is 3.54. The third kappa shape index (κ3) is 6.40. The zero-order chi connectivity index (χ0) is 25.6. The van der Waals surface area contributed by atoms with Gasteiger partial charge in [-0.05, 0) is 29.7 Å². The van der Waals surface area contributed by atoms with Gasteiger partial charge in [0.15, 0.2) is 0 Å². The number of rotatable bonds is 9. The predicted molar refractivity (Wildman–Crippen MR) is 127 cm³/mol. The molecule has 0 saturated heterocycles. The van der Waals surface area contributed by atoms with Gasteiger partial charge in [0.1, 0.15) is 12.3 Å². The van der Waals surface area contributed by atoms with Crippen molar-refractivity contribution >= 4 is 34.8 Å². The second-order valence-corrected chi connectivity index (χ2v) is 8.32. The summed E-state index contributed by atoms with van der Waals surface area (Å²) in [6, 6.07) is 9.22. The first-order chi connectivity index (χ1) is 16.6. The molecule has 0 radical (unpaired) electrons. The lowest BCUT2D eigenvalue weighted by Crippen LogP contribution is -2.54. The summed E-state index contributed by atoms with van der Waals surface area (Å²) >= 11 is 0. The number of urea groups is 1. The van der Waals surface area contributed by atoms with E-state index in [2.05, 4.69) is 20.9 Å². The van der Waals surface area contributed by atoms with E-state index < -0.39 is 41.4 Å². The first kappa shape index (κ1) is 25.8. The van der Waals surface area contributed by atoms with E-state index in [1.54, 1.807) is 13.1 Å². The van der Waals surface area contributed by atoms with Crippen LogP contribution in [-0.4, -0.2) is 35.3 Å². The zero-order valence-corrected chi connectivity index (χ0v) is 19.3. The topological polar surface area (TPSA) is 103 Å². The summed E-state index contributed by atoms with van der Waals surface area (Å²) in [6.07, 6.45) is -1.53. The molecule has 3 atom stereocenters. The van der Waals surface area contributed by atoms with Crippen molar-refractivity contribution in [3.8, 4) is 0 Å². The maximum absolute atomic E-state index is 13.2. The van der Waals surface area contributed by atoms with Gasteiger partial charge in [-0.3, -0.25) is 4.79 Å². The van der Waals surface area contributed by atoms with Crippen LogP contribution in [0.15, 0.2) is 54.7 Å². The van der Waals surface area contributed by atoms with Gasteiger partial charge in [-0.15, -0.1) is 0 Å². The fraction of sp³-hybridized carbons (Fsp3) is 0.320. The molecule has 10 heteroatoms. The van der Waals surface area contributed by atoms with Gasteiger partial charge in [0.2, 0.25) is 5.91 Å². The molecule has 0 spiro atoms. The number of nitrogens with one attached hydrogen (secondary N) is 4. The molecule has 3 aromatic rings. The summed E-state index contributed by atoms with van der Waals surface area (Å²) in [5.41, 5.74) is 0.311. The Labute approximate surface area is 200 Å². The van der Waals surface area contributed by atoms with Gasteiger partial charge in [-0.2, -0.15) is 13.2 Å². The highest BCUT2D eigenvalue weighted by Gasteiger charge is 2.34. The second kappa shape index (κ2) is 11.1. The van der Waals surface area contributed by atoms with Crippen molar-refractivity contribution in [2.24, 2.45) is 5.92 Å². The molecule has 3 amide bonds. The molecule has 7 nitrogen and oxygen atoms in total. The normalized spacial score (nSPS) is 14.1. The van der Waals surface area contributed by atoms with Crippen LogP contribution in [0.3, 0.4) is 0 Å². The fourth-order valence-electron chi connectivity index (χ4n) is 3.78. The third-order valence-electron chi connectivity index (χ3n) is 5.87. The van der Waals surface area contributed by atoms with Crippen molar-refractivity contribution in [1.29, 1.82) is 0 Å². The molecule has 3 rings (SSSR count). The number of carbonyl (C=O) groups excluding carboxylic acids is 3. The van der Waals surface area contributed by atoms with E-state index in [9.17, 15) is 27.6 Å². The maximum Gasteiger partial charge on any atom is 0.418 e. The molecular formula is C25H27F3N4O3. The number of H-pyrrole nitrogens is 1. The van der Waals surface area contributed by atoms with E-state index in [1.165, 1.54) is 12.1 Å². The van der Waals surface area contributed by atoms with Crippen LogP contribution in [0, 0.1) is 5.92 Å². The molecule has 35 heavy (non-hydrogen) atoms. The number of aromatic nitrogens is 1. The lowest BCUT2D eigenvalue weighted by Gasteiger charge is -2.25. The van der Waals surface area contributed by atoms with Crippen molar-refractivity contribution in [3.05, 3.63) is 65.9 Å². The Kier molecular flexibility index (Phi) is 8.16. The highest BCUT2D eigenvalue weighted by molar-refractivity contribution is 5.95. The first-order valence-electron chi connectivity index (χ1n) is 11.2. The van der Waals surface area contributed by atoms with Crippen LogP contribution in [0.5, 0.6) is 0 Å². The number of carbonyl (C=O) groups is 3. The quantitative estimate of drug-likeness (QED) is 0.330. The number of anilines is 1. The van der Waals surface area contributed by atoms with Gasteiger partial charge in [-0.1, -0.05) is 50.6 Å². The minimum atomic E-state index is -4.66. The molecule has 0 aliphatic heterocycles. The van der Waals surface area contributed by atoms with Crippen LogP contribution in [0.4, 0.5) is 23.7 Å². The molecule has 2 aromatic carbocycles. The van der Waals surface area contributed by atoms with Crippen LogP contribution in [0.2, 0.25) is 0 Å². The third-order valence-corrected chi connectivity index (χ3v) is 5.87. The molecule has 0 unspecified atom stereocenters. The highest BCUT2D eigenvalue weighted by Crippen LogP contribution is 2.34. The number of hydrogen-bond donors (Lipinski definition) is 4. The molecule has 1 heterocycles. The molecule has 0 aliphatic rings. The number of aromatic amines is 1. The summed E-state index contributed by atoms with van der Waals surface area (Å²) in [4.78, 5) is 40.4. The molecular weight excluding hydrogens is 461 g/mol. The Morgan fingerprint density at radius 3 is 2.43 bits per heavy atom. The van der Waals surface area contributed by atoms with Crippen molar-refractivity contribution in [2.75, 3.05) is 5.32 Å². The van der Waals surface area contributed by atoms with Gasteiger partial charge < -0.3 is 25.7 Å². The molecule has 0 saturated carbocycles. The number of amides is 3. The Bertz CT molecular complexity index is 1190. The Balaban J connectivity index is 1.71. The average Bonchev–Trinajstić information content (AvgIpc) is 3.24. The van der Waals surface area contributed by atoms with Gasteiger partial charge in [-0.25, -0.2) is 4.79 Å². The van der Waals surface area contributed by atoms with Crippen molar-refractivity contribution in [2.45, 2.75) is 44.9 Å². The minimum absolute atomic E-state index is 0.234. The van der Waals surface area contributed by atoms with E-state index in [0.717, 1.165) is 28.6 Å². The van der Waals surface area contributed by atoms with Gasteiger partial charge in [0, 0.05) is 23.5 Å². The molecule has 4 N–H and O–H groups in total. The molecule has 0 fully saturated rings. The van der Waals surface area contributed by atoms with Crippen molar-refractivity contribution < 1.29 is 27.6 Å². The molecule has 0 bridgehead atoms. The van der Waals surface area contributed by atoms with Crippen molar-refractivity contribution in [3.63, 3.8) is 0 Å². The van der Waals surface area contributed by atoms with Gasteiger partial charge in [0.25, 0.3) is 0 Å². The minimum Gasteiger partial charge on any atom is -0.361 e.